The molecule has 0 saturated heterocycles. The maximum absolute atomic E-state index is 12.1. The number of amides is 3. The Balaban J connectivity index is 1.61. The van der Waals surface area contributed by atoms with Crippen molar-refractivity contribution in [2.75, 3.05) is 23.0 Å². The molecular weight excluding hydrogens is 370 g/mol. The molecular formula is C18H15N3O5S. The Morgan fingerprint density at radius 3 is 2.74 bits per heavy atom. The number of carbonyl (C=O) groups excluding carboxylic acids is 4. The number of nitrogens with one attached hydrogen (secondary N) is 2. The van der Waals surface area contributed by atoms with E-state index >= 15 is 0 Å². The minimum absolute atomic E-state index is 0.148. The third-order valence-electron chi connectivity index (χ3n) is 3.65. The van der Waals surface area contributed by atoms with Crippen molar-refractivity contribution in [3.05, 3.63) is 53.6 Å². The van der Waals surface area contributed by atoms with Gasteiger partial charge in [0.2, 0.25) is 5.91 Å². The molecule has 0 aromatic heterocycles. The summed E-state index contributed by atoms with van der Waals surface area (Å²) < 4.78 is 4.99. The average molecular weight is 385 g/mol. The summed E-state index contributed by atoms with van der Waals surface area (Å²) in [5.74, 6) is -1.83. The minimum atomic E-state index is -0.707. The van der Waals surface area contributed by atoms with Crippen molar-refractivity contribution in [3.63, 3.8) is 0 Å². The maximum atomic E-state index is 12.1. The van der Waals surface area contributed by atoms with E-state index in [0.29, 0.717) is 11.4 Å². The van der Waals surface area contributed by atoms with E-state index in [4.69, 9.17) is 10.5 Å². The van der Waals surface area contributed by atoms with Gasteiger partial charge in [0.15, 0.2) is 6.61 Å². The molecule has 4 N–H and O–H groups in total. The van der Waals surface area contributed by atoms with Crippen molar-refractivity contribution in [1.82, 2.24) is 0 Å². The van der Waals surface area contributed by atoms with Crippen molar-refractivity contribution in [2.45, 2.75) is 4.90 Å². The number of carbonyl (C=O) groups is 4. The fourth-order valence-electron chi connectivity index (χ4n) is 2.42. The fraction of sp³-hybridized carbons (Fsp3) is 0.111. The van der Waals surface area contributed by atoms with Crippen LogP contribution in [0.1, 0.15) is 20.7 Å². The van der Waals surface area contributed by atoms with Crippen LogP contribution in [0.15, 0.2) is 47.4 Å². The van der Waals surface area contributed by atoms with Gasteiger partial charge in [-0.25, -0.2) is 4.79 Å². The van der Waals surface area contributed by atoms with Crippen molar-refractivity contribution in [2.24, 2.45) is 5.73 Å². The molecule has 9 heteroatoms. The lowest BCUT2D eigenvalue weighted by molar-refractivity contribution is -0.119. The summed E-state index contributed by atoms with van der Waals surface area (Å²) in [6.45, 7) is -0.538. The molecule has 1 aliphatic heterocycles. The van der Waals surface area contributed by atoms with Crippen molar-refractivity contribution in [1.29, 1.82) is 0 Å². The molecule has 8 nitrogen and oxygen atoms in total. The molecule has 0 fully saturated rings. The number of rotatable bonds is 5. The molecule has 3 amide bonds. The van der Waals surface area contributed by atoms with E-state index in [9.17, 15) is 19.2 Å². The van der Waals surface area contributed by atoms with E-state index in [1.165, 1.54) is 30.0 Å². The Morgan fingerprint density at radius 2 is 1.96 bits per heavy atom. The van der Waals surface area contributed by atoms with Crippen LogP contribution >= 0.6 is 11.8 Å². The number of para-hydroxylation sites is 1. The highest BCUT2D eigenvalue weighted by Crippen LogP contribution is 2.32. The Kier molecular flexibility index (Phi) is 5.41. The van der Waals surface area contributed by atoms with E-state index in [1.807, 2.05) is 0 Å². The minimum Gasteiger partial charge on any atom is -0.452 e. The first-order chi connectivity index (χ1) is 12.9. The molecule has 0 bridgehead atoms. The molecule has 0 atom stereocenters. The standard InChI is InChI=1S/C18H15N3O5S/c19-17(24)11-3-1-2-4-12(11)20-15(22)8-26-18(25)10-5-6-14-13(7-10)21-16(23)9-27-14/h1-7H,8-9H2,(H2,19,24)(H,20,22)(H,21,23). The summed E-state index contributed by atoms with van der Waals surface area (Å²) in [5, 5.41) is 5.16. The number of ether oxygens (including phenoxy) is 1. The molecule has 0 radical (unpaired) electrons. The number of esters is 1. The van der Waals surface area contributed by atoms with Gasteiger partial charge in [0.25, 0.3) is 11.8 Å². The fourth-order valence-corrected chi connectivity index (χ4v) is 3.21. The third kappa shape index (κ3) is 4.45. The van der Waals surface area contributed by atoms with Gasteiger partial charge in [0, 0.05) is 4.90 Å². The normalized spacial score (nSPS) is 12.5. The van der Waals surface area contributed by atoms with Gasteiger partial charge < -0.3 is 21.1 Å². The molecule has 27 heavy (non-hydrogen) atoms. The van der Waals surface area contributed by atoms with Crippen molar-refractivity contribution < 1.29 is 23.9 Å². The van der Waals surface area contributed by atoms with Crippen LogP contribution in [0.25, 0.3) is 0 Å². The average Bonchev–Trinajstić information content (AvgIpc) is 2.65. The van der Waals surface area contributed by atoms with Crippen LogP contribution in [0.3, 0.4) is 0 Å². The summed E-state index contributed by atoms with van der Waals surface area (Å²) >= 11 is 1.37. The lowest BCUT2D eigenvalue weighted by Gasteiger charge is -2.16. The van der Waals surface area contributed by atoms with E-state index in [2.05, 4.69) is 10.6 Å². The van der Waals surface area contributed by atoms with E-state index < -0.39 is 24.4 Å². The van der Waals surface area contributed by atoms with Gasteiger partial charge in [0.1, 0.15) is 0 Å². The van der Waals surface area contributed by atoms with Gasteiger partial charge in [-0.2, -0.15) is 0 Å². The predicted octanol–water partition coefficient (Wildman–Crippen LogP) is 1.63. The summed E-state index contributed by atoms with van der Waals surface area (Å²) in [5.41, 5.74) is 6.38. The second kappa shape index (κ2) is 7.92. The number of anilines is 2. The molecule has 1 heterocycles. The lowest BCUT2D eigenvalue weighted by Crippen LogP contribution is -2.23. The molecule has 1 aliphatic rings. The zero-order valence-corrected chi connectivity index (χ0v) is 14.8. The largest absolute Gasteiger partial charge is 0.452 e. The van der Waals surface area contributed by atoms with Crippen molar-refractivity contribution >= 4 is 46.8 Å². The van der Waals surface area contributed by atoms with Gasteiger partial charge in [-0.15, -0.1) is 11.8 Å². The maximum Gasteiger partial charge on any atom is 0.338 e. The third-order valence-corrected chi connectivity index (χ3v) is 4.72. The first-order valence-corrected chi connectivity index (χ1v) is 8.85. The highest BCUT2D eigenvalue weighted by atomic mass is 32.2. The Hall–Kier alpha value is -3.33. The first kappa shape index (κ1) is 18.5. The molecule has 0 spiro atoms. The molecule has 0 unspecified atom stereocenters. The number of benzene rings is 2. The monoisotopic (exact) mass is 385 g/mol. The van der Waals surface area contributed by atoms with E-state index in [0.717, 1.165) is 4.90 Å². The molecule has 2 aromatic carbocycles. The zero-order valence-electron chi connectivity index (χ0n) is 14.0. The van der Waals surface area contributed by atoms with Crippen LogP contribution in [0, 0.1) is 0 Å². The number of thioether (sulfide) groups is 1. The van der Waals surface area contributed by atoms with Crippen LogP contribution in [0.4, 0.5) is 11.4 Å². The van der Waals surface area contributed by atoms with E-state index in [1.54, 1.807) is 24.3 Å². The molecule has 3 rings (SSSR count). The Labute approximate surface area is 158 Å². The van der Waals surface area contributed by atoms with Crippen LogP contribution in [0.5, 0.6) is 0 Å². The lowest BCUT2D eigenvalue weighted by atomic mass is 10.1. The van der Waals surface area contributed by atoms with Crippen LogP contribution in [-0.2, 0) is 14.3 Å². The molecule has 2 aromatic rings. The Bertz CT molecular complexity index is 944. The van der Waals surface area contributed by atoms with Gasteiger partial charge in [-0.1, -0.05) is 12.1 Å². The number of hydrogen-bond acceptors (Lipinski definition) is 6. The van der Waals surface area contributed by atoms with Gasteiger partial charge in [0.05, 0.1) is 28.3 Å². The van der Waals surface area contributed by atoms with Crippen LogP contribution < -0.4 is 16.4 Å². The topological polar surface area (TPSA) is 128 Å². The SMILES string of the molecule is NC(=O)c1ccccc1NC(=O)COC(=O)c1ccc2c(c1)NC(=O)CS2. The number of nitrogens with two attached hydrogens (primary N) is 1. The number of fused-ring (bicyclic) bond motifs is 1. The summed E-state index contributed by atoms with van der Waals surface area (Å²) in [7, 11) is 0. The molecule has 0 aliphatic carbocycles. The second-order valence-electron chi connectivity index (χ2n) is 5.58. The highest BCUT2D eigenvalue weighted by molar-refractivity contribution is 8.00. The van der Waals surface area contributed by atoms with Gasteiger partial charge >= 0.3 is 5.97 Å². The predicted molar refractivity (Wildman–Crippen MR) is 99.7 cm³/mol. The second-order valence-corrected chi connectivity index (χ2v) is 6.60. The smallest absolute Gasteiger partial charge is 0.338 e. The zero-order chi connectivity index (χ0) is 19.4. The van der Waals surface area contributed by atoms with Crippen LogP contribution in [0.2, 0.25) is 0 Å². The number of hydrogen-bond donors (Lipinski definition) is 3. The summed E-state index contributed by atoms with van der Waals surface area (Å²) in [4.78, 5) is 47.8. The van der Waals surface area contributed by atoms with Crippen molar-refractivity contribution in [3.8, 4) is 0 Å². The van der Waals surface area contributed by atoms with Crippen LogP contribution in [-0.4, -0.2) is 36.1 Å². The van der Waals surface area contributed by atoms with Gasteiger partial charge in [-0.3, -0.25) is 14.4 Å². The summed E-state index contributed by atoms with van der Waals surface area (Å²) in [6, 6.07) is 11.0. The molecule has 138 valence electrons. The highest BCUT2D eigenvalue weighted by Gasteiger charge is 2.18. The van der Waals surface area contributed by atoms with Gasteiger partial charge in [-0.05, 0) is 30.3 Å². The first-order valence-electron chi connectivity index (χ1n) is 7.86. The quantitative estimate of drug-likeness (QED) is 0.671. The molecule has 0 saturated carbocycles. The Morgan fingerprint density at radius 1 is 1.19 bits per heavy atom. The summed E-state index contributed by atoms with van der Waals surface area (Å²) in [6.07, 6.45) is 0. The van der Waals surface area contributed by atoms with E-state index in [-0.39, 0.29) is 22.7 Å². The number of primary amides is 1.